The van der Waals surface area contributed by atoms with Crippen LogP contribution in [0.15, 0.2) is 60.7 Å². The highest BCUT2D eigenvalue weighted by Gasteiger charge is 2.17. The number of carbonyl (C=O) groups excluding carboxylic acids is 2. The number of ether oxygens (including phenoxy) is 2. The van der Waals surface area contributed by atoms with Gasteiger partial charge < -0.3 is 14.4 Å². The molecule has 0 spiro atoms. The van der Waals surface area contributed by atoms with Crippen molar-refractivity contribution < 1.29 is 19.1 Å². The molecule has 0 unspecified atom stereocenters. The van der Waals surface area contributed by atoms with E-state index in [2.05, 4.69) is 0 Å². The number of nitrogens with zero attached hydrogens (tertiary/aromatic N) is 1. The second kappa shape index (κ2) is 10.1. The lowest BCUT2D eigenvalue weighted by atomic mass is 10.2. The van der Waals surface area contributed by atoms with E-state index in [-0.39, 0.29) is 12.5 Å². The molecule has 0 saturated carbocycles. The molecular weight excluding hydrogens is 318 g/mol. The van der Waals surface area contributed by atoms with E-state index in [9.17, 15) is 9.59 Å². The van der Waals surface area contributed by atoms with Crippen molar-refractivity contribution in [3.63, 3.8) is 0 Å². The van der Waals surface area contributed by atoms with Gasteiger partial charge in [-0.25, -0.2) is 0 Å². The van der Waals surface area contributed by atoms with Crippen molar-refractivity contribution in [1.82, 2.24) is 4.90 Å². The number of carbonyl (C=O) groups is 2. The number of para-hydroxylation sites is 1. The van der Waals surface area contributed by atoms with Gasteiger partial charge in [0.25, 0.3) is 0 Å². The molecular formula is C20H23NO4. The first kappa shape index (κ1) is 18.5. The van der Waals surface area contributed by atoms with Crippen LogP contribution in [0.25, 0.3) is 0 Å². The number of amides is 1. The summed E-state index contributed by atoms with van der Waals surface area (Å²) in [6, 6.07) is 19.1. The van der Waals surface area contributed by atoms with Gasteiger partial charge >= 0.3 is 5.97 Å². The average molecular weight is 341 g/mol. The van der Waals surface area contributed by atoms with Gasteiger partial charge in [0.2, 0.25) is 5.91 Å². The topological polar surface area (TPSA) is 55.8 Å². The molecule has 2 aromatic carbocycles. The maximum atomic E-state index is 12.5. The van der Waals surface area contributed by atoms with Crippen molar-refractivity contribution in [2.75, 3.05) is 20.3 Å². The van der Waals surface area contributed by atoms with Crippen LogP contribution in [0.3, 0.4) is 0 Å². The van der Waals surface area contributed by atoms with Gasteiger partial charge in [-0.2, -0.15) is 0 Å². The fourth-order valence-electron chi connectivity index (χ4n) is 2.34. The minimum Gasteiger partial charge on any atom is -0.494 e. The van der Waals surface area contributed by atoms with Crippen LogP contribution in [-0.2, 0) is 20.9 Å². The van der Waals surface area contributed by atoms with Gasteiger partial charge in [-0.15, -0.1) is 0 Å². The largest absolute Gasteiger partial charge is 0.494 e. The first-order valence-corrected chi connectivity index (χ1v) is 8.25. The first-order valence-electron chi connectivity index (χ1n) is 8.25. The Morgan fingerprint density at radius 2 is 1.60 bits per heavy atom. The van der Waals surface area contributed by atoms with Crippen LogP contribution in [0.1, 0.15) is 18.4 Å². The molecule has 5 heteroatoms. The predicted molar refractivity (Wildman–Crippen MR) is 95.0 cm³/mol. The Bertz CT molecular complexity index is 658. The van der Waals surface area contributed by atoms with Gasteiger partial charge in [0, 0.05) is 13.0 Å². The van der Waals surface area contributed by atoms with Crippen LogP contribution in [-0.4, -0.2) is 37.0 Å². The zero-order valence-electron chi connectivity index (χ0n) is 14.4. The normalized spacial score (nSPS) is 10.1. The minimum atomic E-state index is -0.426. The molecule has 0 atom stereocenters. The SMILES string of the molecule is COC(=O)CN(Cc1ccccc1)C(=O)CCCOc1ccccc1. The molecule has 0 bridgehead atoms. The highest BCUT2D eigenvalue weighted by atomic mass is 16.5. The molecule has 0 aliphatic heterocycles. The number of rotatable bonds is 9. The van der Waals surface area contributed by atoms with Crippen LogP contribution in [0.5, 0.6) is 5.75 Å². The zero-order chi connectivity index (χ0) is 17.9. The fraction of sp³-hybridized carbons (Fsp3) is 0.300. The Morgan fingerprint density at radius 3 is 2.24 bits per heavy atom. The van der Waals surface area contributed by atoms with Gasteiger partial charge in [-0.05, 0) is 24.1 Å². The molecule has 0 aromatic heterocycles. The highest BCUT2D eigenvalue weighted by Crippen LogP contribution is 2.11. The standard InChI is InChI=1S/C20H23NO4/c1-24-20(23)16-21(15-17-9-4-2-5-10-17)19(22)13-8-14-25-18-11-6-3-7-12-18/h2-7,9-12H,8,13-16H2,1H3. The third-order valence-corrected chi connectivity index (χ3v) is 3.66. The summed E-state index contributed by atoms with van der Waals surface area (Å²) in [5.74, 6) is 0.265. The van der Waals surface area contributed by atoms with E-state index in [0.717, 1.165) is 11.3 Å². The minimum absolute atomic E-state index is 0.0518. The Hall–Kier alpha value is -2.82. The lowest BCUT2D eigenvalue weighted by Crippen LogP contribution is -2.35. The van der Waals surface area contributed by atoms with Crippen LogP contribution in [0, 0.1) is 0 Å². The molecule has 0 radical (unpaired) electrons. The third-order valence-electron chi connectivity index (χ3n) is 3.66. The van der Waals surface area contributed by atoms with E-state index in [4.69, 9.17) is 9.47 Å². The maximum Gasteiger partial charge on any atom is 0.325 e. The fourth-order valence-corrected chi connectivity index (χ4v) is 2.34. The lowest BCUT2D eigenvalue weighted by Gasteiger charge is -2.21. The van der Waals surface area contributed by atoms with Crippen LogP contribution in [0.4, 0.5) is 0 Å². The van der Waals surface area contributed by atoms with Gasteiger partial charge in [0.05, 0.1) is 13.7 Å². The summed E-state index contributed by atoms with van der Waals surface area (Å²) in [6.07, 6.45) is 0.900. The number of hydrogen-bond acceptors (Lipinski definition) is 4. The lowest BCUT2D eigenvalue weighted by molar-refractivity contribution is -0.147. The summed E-state index contributed by atoms with van der Waals surface area (Å²) in [6.45, 7) is 0.783. The molecule has 2 rings (SSSR count). The second-order valence-electron chi connectivity index (χ2n) is 5.58. The summed E-state index contributed by atoms with van der Waals surface area (Å²) in [4.78, 5) is 25.6. The molecule has 5 nitrogen and oxygen atoms in total. The van der Waals surface area contributed by atoms with E-state index in [0.29, 0.717) is 26.0 Å². The van der Waals surface area contributed by atoms with Crippen molar-refractivity contribution in [1.29, 1.82) is 0 Å². The molecule has 0 N–H and O–H groups in total. The Morgan fingerprint density at radius 1 is 0.960 bits per heavy atom. The van der Waals surface area contributed by atoms with Crippen molar-refractivity contribution in [2.45, 2.75) is 19.4 Å². The number of esters is 1. The summed E-state index contributed by atoms with van der Waals surface area (Å²) in [7, 11) is 1.32. The molecule has 0 aliphatic carbocycles. The zero-order valence-corrected chi connectivity index (χ0v) is 14.4. The van der Waals surface area contributed by atoms with Gasteiger partial charge in [0.15, 0.2) is 0 Å². The van der Waals surface area contributed by atoms with Crippen molar-refractivity contribution >= 4 is 11.9 Å². The van der Waals surface area contributed by atoms with Crippen LogP contribution in [0.2, 0.25) is 0 Å². The molecule has 0 fully saturated rings. The van der Waals surface area contributed by atoms with E-state index >= 15 is 0 Å². The van der Waals surface area contributed by atoms with Crippen molar-refractivity contribution in [3.8, 4) is 5.75 Å². The summed E-state index contributed by atoms with van der Waals surface area (Å²) >= 11 is 0. The van der Waals surface area contributed by atoms with Crippen LogP contribution < -0.4 is 4.74 Å². The number of methoxy groups -OCH3 is 1. The van der Waals surface area contributed by atoms with Crippen LogP contribution >= 0.6 is 0 Å². The maximum absolute atomic E-state index is 12.5. The predicted octanol–water partition coefficient (Wildman–Crippen LogP) is 3.05. The highest BCUT2D eigenvalue weighted by molar-refractivity contribution is 5.82. The average Bonchev–Trinajstić information content (AvgIpc) is 2.66. The Balaban J connectivity index is 1.85. The molecule has 25 heavy (non-hydrogen) atoms. The first-order chi connectivity index (χ1) is 12.2. The van der Waals surface area contributed by atoms with E-state index in [1.165, 1.54) is 12.0 Å². The van der Waals surface area contributed by atoms with Gasteiger partial charge in [0.1, 0.15) is 12.3 Å². The molecule has 0 saturated heterocycles. The monoisotopic (exact) mass is 341 g/mol. The van der Waals surface area contributed by atoms with Gasteiger partial charge in [-0.1, -0.05) is 48.5 Å². The molecule has 2 aromatic rings. The summed E-state index contributed by atoms with van der Waals surface area (Å²) < 4.78 is 10.3. The van der Waals surface area contributed by atoms with Gasteiger partial charge in [-0.3, -0.25) is 9.59 Å². The van der Waals surface area contributed by atoms with E-state index in [1.54, 1.807) is 0 Å². The smallest absolute Gasteiger partial charge is 0.325 e. The van der Waals surface area contributed by atoms with Crippen molar-refractivity contribution in [3.05, 3.63) is 66.2 Å². The second-order valence-corrected chi connectivity index (χ2v) is 5.58. The van der Waals surface area contributed by atoms with Crippen molar-refractivity contribution in [2.24, 2.45) is 0 Å². The quantitative estimate of drug-likeness (QED) is 0.520. The molecule has 132 valence electrons. The van der Waals surface area contributed by atoms with E-state index < -0.39 is 5.97 Å². The number of hydrogen-bond donors (Lipinski definition) is 0. The summed E-state index contributed by atoms with van der Waals surface area (Å²) in [5.41, 5.74) is 0.972. The summed E-state index contributed by atoms with van der Waals surface area (Å²) in [5, 5.41) is 0. The molecule has 0 aliphatic rings. The van der Waals surface area contributed by atoms with E-state index in [1.807, 2.05) is 60.7 Å². The molecule has 1 amide bonds. The number of benzene rings is 2. The Kier molecular flexibility index (Phi) is 7.50. The Labute approximate surface area is 148 Å². The molecule has 0 heterocycles. The third kappa shape index (κ3) is 6.67.